The lowest BCUT2D eigenvalue weighted by atomic mass is 9.90. The lowest BCUT2D eigenvalue weighted by molar-refractivity contribution is -0.150. The molecule has 0 heterocycles. The molecule has 9 nitrogen and oxygen atoms in total. The molecule has 0 aliphatic carbocycles. The van der Waals surface area contributed by atoms with Crippen LogP contribution in [0.15, 0.2) is 18.2 Å². The Hall–Kier alpha value is -2.75. The summed E-state index contributed by atoms with van der Waals surface area (Å²) in [6, 6.07) is 3.61. The largest absolute Gasteiger partial charge is 0.468 e. The standard InChI is InChI=1S/C28H45N3O6S/c1-11-28(7,8)31(25(34)21(14-15-38-10)30-26(35)37-27(4,5)6)23(24(33)29-17-22(32)36-9)20-13-12-18(2)19(3)16-20/h12-13,16,21,23H,11,14-15,17H2,1-10H3,(H,29,33)(H,30,35). The molecule has 0 aliphatic rings. The molecule has 0 aliphatic heterocycles. The molecule has 3 amide bonds. The predicted octanol–water partition coefficient (Wildman–Crippen LogP) is 4.30. The first kappa shape index (κ1) is 33.3. The topological polar surface area (TPSA) is 114 Å². The molecular weight excluding hydrogens is 506 g/mol. The Morgan fingerprint density at radius 2 is 1.68 bits per heavy atom. The van der Waals surface area contributed by atoms with E-state index < -0.39 is 47.1 Å². The molecule has 1 rings (SSSR count). The molecule has 0 aromatic heterocycles. The SMILES string of the molecule is CCC(C)(C)N(C(=O)C(CCSC)NC(=O)OC(C)(C)C)C(C(=O)NCC(=O)OC)c1ccc(C)c(C)c1. The summed E-state index contributed by atoms with van der Waals surface area (Å²) in [5.74, 6) is -0.924. The van der Waals surface area contributed by atoms with Crippen LogP contribution in [0.4, 0.5) is 4.79 Å². The minimum Gasteiger partial charge on any atom is -0.468 e. The van der Waals surface area contributed by atoms with Gasteiger partial charge in [0, 0.05) is 5.54 Å². The first-order valence-corrected chi connectivity index (χ1v) is 14.2. The maximum Gasteiger partial charge on any atom is 0.408 e. The highest BCUT2D eigenvalue weighted by Crippen LogP contribution is 2.33. The number of aryl methyl sites for hydroxylation is 2. The molecule has 1 aromatic carbocycles. The third-order valence-corrected chi connectivity index (χ3v) is 6.99. The van der Waals surface area contributed by atoms with Crippen molar-refractivity contribution in [2.75, 3.05) is 25.7 Å². The first-order chi connectivity index (χ1) is 17.6. The number of rotatable bonds is 12. The number of esters is 1. The lowest BCUT2D eigenvalue weighted by Gasteiger charge is -2.44. The molecule has 0 fully saturated rings. The number of carbonyl (C=O) groups excluding carboxylic acids is 4. The summed E-state index contributed by atoms with van der Waals surface area (Å²) in [6.07, 6.45) is 2.09. The second-order valence-electron chi connectivity index (χ2n) is 10.9. The highest BCUT2D eigenvalue weighted by atomic mass is 32.2. The van der Waals surface area contributed by atoms with Gasteiger partial charge in [-0.25, -0.2) is 4.79 Å². The Balaban J connectivity index is 3.65. The van der Waals surface area contributed by atoms with Gasteiger partial charge in [-0.05, 0) is 90.0 Å². The van der Waals surface area contributed by atoms with Gasteiger partial charge < -0.3 is 25.0 Å². The van der Waals surface area contributed by atoms with Crippen LogP contribution >= 0.6 is 11.8 Å². The quantitative estimate of drug-likeness (QED) is 0.372. The van der Waals surface area contributed by atoms with Crippen molar-refractivity contribution in [3.05, 3.63) is 34.9 Å². The van der Waals surface area contributed by atoms with Crippen molar-refractivity contribution >= 4 is 35.6 Å². The number of methoxy groups -OCH3 is 1. The van der Waals surface area contributed by atoms with Crippen LogP contribution in [0.2, 0.25) is 0 Å². The number of ether oxygens (including phenoxy) is 2. The minimum atomic E-state index is -1.06. The predicted molar refractivity (Wildman–Crippen MR) is 151 cm³/mol. The van der Waals surface area contributed by atoms with E-state index in [1.54, 1.807) is 32.5 Å². The number of thioether (sulfide) groups is 1. The van der Waals surface area contributed by atoms with Gasteiger partial charge in [-0.2, -0.15) is 11.8 Å². The zero-order valence-electron chi connectivity index (χ0n) is 24.5. The van der Waals surface area contributed by atoms with Crippen molar-refractivity contribution in [3.63, 3.8) is 0 Å². The van der Waals surface area contributed by atoms with Gasteiger partial charge in [-0.15, -0.1) is 0 Å². The summed E-state index contributed by atoms with van der Waals surface area (Å²) in [6.45, 7) is 14.5. The molecule has 2 unspecified atom stereocenters. The van der Waals surface area contributed by atoms with Gasteiger partial charge in [-0.3, -0.25) is 14.4 Å². The summed E-state index contributed by atoms with van der Waals surface area (Å²) < 4.78 is 10.1. The van der Waals surface area contributed by atoms with Crippen LogP contribution in [-0.4, -0.2) is 71.6 Å². The van der Waals surface area contributed by atoms with Gasteiger partial charge in [0.1, 0.15) is 24.2 Å². The van der Waals surface area contributed by atoms with Crippen molar-refractivity contribution in [2.45, 2.75) is 91.5 Å². The molecule has 0 saturated heterocycles. The second kappa shape index (κ2) is 14.4. The number of nitrogens with one attached hydrogen (secondary N) is 2. The number of amides is 3. The maximum absolute atomic E-state index is 14.3. The normalized spacial score (nSPS) is 13.2. The third-order valence-electron chi connectivity index (χ3n) is 6.34. The average molecular weight is 552 g/mol. The van der Waals surface area contributed by atoms with Gasteiger partial charge >= 0.3 is 12.1 Å². The Bertz CT molecular complexity index is 989. The number of alkyl carbamates (subject to hydrolysis) is 1. The Morgan fingerprint density at radius 1 is 1.05 bits per heavy atom. The fourth-order valence-corrected chi connectivity index (χ4v) is 4.21. The molecule has 2 atom stereocenters. The van der Waals surface area contributed by atoms with Crippen molar-refractivity contribution < 1.29 is 28.7 Å². The van der Waals surface area contributed by atoms with Crippen LogP contribution < -0.4 is 10.6 Å². The van der Waals surface area contributed by atoms with Crippen LogP contribution in [0.1, 0.15) is 77.1 Å². The van der Waals surface area contributed by atoms with Crippen LogP contribution in [0.5, 0.6) is 0 Å². The maximum atomic E-state index is 14.3. The smallest absolute Gasteiger partial charge is 0.408 e. The van der Waals surface area contributed by atoms with E-state index in [1.807, 2.05) is 59.1 Å². The van der Waals surface area contributed by atoms with Crippen molar-refractivity contribution in [3.8, 4) is 0 Å². The van der Waals surface area contributed by atoms with Crippen LogP contribution in [-0.2, 0) is 23.9 Å². The van der Waals surface area contributed by atoms with Gasteiger partial charge in [-0.1, -0.05) is 25.1 Å². The van der Waals surface area contributed by atoms with E-state index in [2.05, 4.69) is 15.4 Å². The molecule has 214 valence electrons. The van der Waals surface area contributed by atoms with Crippen LogP contribution in [0.3, 0.4) is 0 Å². The number of hydrogen-bond donors (Lipinski definition) is 2. The molecule has 0 bridgehead atoms. The van der Waals surface area contributed by atoms with E-state index in [4.69, 9.17) is 4.74 Å². The highest BCUT2D eigenvalue weighted by molar-refractivity contribution is 7.98. The lowest BCUT2D eigenvalue weighted by Crippen LogP contribution is -2.59. The fraction of sp³-hybridized carbons (Fsp3) is 0.643. The molecule has 0 spiro atoms. The molecule has 2 N–H and O–H groups in total. The number of benzene rings is 1. The van der Waals surface area contributed by atoms with E-state index in [1.165, 1.54) is 12.0 Å². The number of carbonyl (C=O) groups is 4. The van der Waals surface area contributed by atoms with Crippen molar-refractivity contribution in [1.29, 1.82) is 0 Å². The summed E-state index contributed by atoms with van der Waals surface area (Å²) >= 11 is 1.55. The first-order valence-electron chi connectivity index (χ1n) is 12.8. The van der Waals surface area contributed by atoms with E-state index >= 15 is 0 Å². The monoisotopic (exact) mass is 551 g/mol. The molecule has 38 heavy (non-hydrogen) atoms. The zero-order valence-corrected chi connectivity index (χ0v) is 25.3. The van der Waals surface area contributed by atoms with E-state index in [0.717, 1.165) is 11.1 Å². The summed E-state index contributed by atoms with van der Waals surface area (Å²) in [5, 5.41) is 5.37. The van der Waals surface area contributed by atoms with E-state index in [-0.39, 0.29) is 6.54 Å². The third kappa shape index (κ3) is 9.85. The average Bonchev–Trinajstić information content (AvgIpc) is 2.83. The van der Waals surface area contributed by atoms with E-state index in [9.17, 15) is 19.2 Å². The molecule has 0 radical (unpaired) electrons. The van der Waals surface area contributed by atoms with Crippen molar-refractivity contribution in [2.24, 2.45) is 0 Å². The Labute approximate surface area is 231 Å². The highest BCUT2D eigenvalue weighted by Gasteiger charge is 2.43. The van der Waals surface area contributed by atoms with Crippen LogP contribution in [0.25, 0.3) is 0 Å². The molecule has 1 aromatic rings. The summed E-state index contributed by atoms with van der Waals surface area (Å²) in [4.78, 5) is 54.0. The molecule has 10 heteroatoms. The second-order valence-corrected chi connectivity index (χ2v) is 11.9. The van der Waals surface area contributed by atoms with Gasteiger partial charge in [0.15, 0.2) is 0 Å². The fourth-order valence-electron chi connectivity index (χ4n) is 3.74. The summed E-state index contributed by atoms with van der Waals surface area (Å²) in [5.41, 5.74) is 1.08. The Kier molecular flexibility index (Phi) is 12.6. The molecular formula is C28H45N3O6S. The Morgan fingerprint density at radius 3 is 2.18 bits per heavy atom. The number of nitrogens with zero attached hydrogens (tertiary/aromatic N) is 1. The molecule has 0 saturated carbocycles. The van der Waals surface area contributed by atoms with E-state index in [0.29, 0.717) is 24.2 Å². The van der Waals surface area contributed by atoms with Crippen LogP contribution in [0, 0.1) is 13.8 Å². The summed E-state index contributed by atoms with van der Waals surface area (Å²) in [7, 11) is 1.24. The minimum absolute atomic E-state index is 0.336. The van der Waals surface area contributed by atoms with Crippen molar-refractivity contribution in [1.82, 2.24) is 15.5 Å². The number of hydrogen-bond acceptors (Lipinski definition) is 7. The van der Waals surface area contributed by atoms with Gasteiger partial charge in [0.25, 0.3) is 0 Å². The zero-order chi connectivity index (χ0) is 29.3. The van der Waals surface area contributed by atoms with Gasteiger partial charge in [0.2, 0.25) is 11.8 Å². The van der Waals surface area contributed by atoms with Gasteiger partial charge in [0.05, 0.1) is 7.11 Å².